The Morgan fingerprint density at radius 3 is 2.87 bits per heavy atom. The van der Waals surface area contributed by atoms with Crippen molar-refractivity contribution in [1.29, 1.82) is 0 Å². The van der Waals surface area contributed by atoms with Crippen molar-refractivity contribution in [3.8, 4) is 17.1 Å². The molecule has 2 aromatic carbocycles. The van der Waals surface area contributed by atoms with Crippen molar-refractivity contribution in [3.05, 3.63) is 58.8 Å². The van der Waals surface area contributed by atoms with Gasteiger partial charge < -0.3 is 19.9 Å². The van der Waals surface area contributed by atoms with Crippen LogP contribution in [-0.4, -0.2) is 23.6 Å². The number of hydrogen-bond acceptors (Lipinski definition) is 5. The number of furan rings is 1. The van der Waals surface area contributed by atoms with Crippen molar-refractivity contribution in [2.75, 3.05) is 13.7 Å². The van der Waals surface area contributed by atoms with Gasteiger partial charge >= 0.3 is 0 Å². The van der Waals surface area contributed by atoms with Crippen molar-refractivity contribution in [2.24, 2.45) is 17.6 Å². The Labute approximate surface area is 180 Å². The van der Waals surface area contributed by atoms with Gasteiger partial charge in [-0.15, -0.1) is 0 Å². The van der Waals surface area contributed by atoms with E-state index in [4.69, 9.17) is 14.9 Å². The van der Waals surface area contributed by atoms with Gasteiger partial charge in [0.15, 0.2) is 0 Å². The highest BCUT2D eigenvalue weighted by Gasteiger charge is 2.23. The number of hydrogen-bond donors (Lipinski definition) is 2. The third kappa shape index (κ3) is 3.83. The zero-order chi connectivity index (χ0) is 21.4. The minimum absolute atomic E-state index is 0.179. The Morgan fingerprint density at radius 2 is 2.03 bits per heavy atom. The lowest BCUT2D eigenvalue weighted by Gasteiger charge is -2.27. The Balaban J connectivity index is 1.50. The van der Waals surface area contributed by atoms with Crippen LogP contribution in [0.4, 0.5) is 0 Å². The number of H-pyrrole nitrogens is 1. The van der Waals surface area contributed by atoms with E-state index in [0.29, 0.717) is 34.3 Å². The smallest absolute Gasteiger partial charge is 0.259 e. The molecule has 1 saturated carbocycles. The summed E-state index contributed by atoms with van der Waals surface area (Å²) in [5.74, 6) is 3.43. The average Bonchev–Trinajstić information content (AvgIpc) is 3.20. The van der Waals surface area contributed by atoms with Crippen LogP contribution >= 0.6 is 0 Å². The van der Waals surface area contributed by atoms with Crippen LogP contribution in [0.25, 0.3) is 33.1 Å². The molecule has 6 heteroatoms. The van der Waals surface area contributed by atoms with Gasteiger partial charge in [0.2, 0.25) is 0 Å². The van der Waals surface area contributed by atoms with Gasteiger partial charge in [0, 0.05) is 22.8 Å². The van der Waals surface area contributed by atoms with E-state index in [1.54, 1.807) is 13.2 Å². The zero-order valence-electron chi connectivity index (χ0n) is 17.7. The second kappa shape index (κ2) is 8.19. The van der Waals surface area contributed by atoms with Gasteiger partial charge in [0.1, 0.15) is 17.3 Å². The molecule has 31 heavy (non-hydrogen) atoms. The third-order valence-electron chi connectivity index (χ3n) is 6.57. The summed E-state index contributed by atoms with van der Waals surface area (Å²) in [4.78, 5) is 20.3. The fourth-order valence-electron chi connectivity index (χ4n) is 4.85. The van der Waals surface area contributed by atoms with E-state index in [2.05, 4.69) is 16.0 Å². The minimum atomic E-state index is -0.179. The summed E-state index contributed by atoms with van der Waals surface area (Å²) in [6.07, 6.45) is 7.61. The van der Waals surface area contributed by atoms with Gasteiger partial charge in [-0.1, -0.05) is 18.6 Å². The summed E-state index contributed by atoms with van der Waals surface area (Å²) < 4.78 is 11.2. The number of nitrogens with one attached hydrogen (secondary N) is 1. The average molecular weight is 418 g/mol. The molecule has 0 amide bonds. The summed E-state index contributed by atoms with van der Waals surface area (Å²) in [6.45, 7) is 0.770. The molecule has 0 aliphatic heterocycles. The van der Waals surface area contributed by atoms with Gasteiger partial charge in [0.05, 0.1) is 24.3 Å². The Hall–Kier alpha value is -3.12. The SMILES string of the molecule is COc1ccc2nc(-c3ccc4coc(CC5CCCC(CN)C5)c4c3)[nH]c(=O)c2c1. The Kier molecular flexibility index (Phi) is 5.24. The number of rotatable bonds is 5. The number of fused-ring (bicyclic) bond motifs is 2. The molecule has 1 aliphatic carbocycles. The first-order valence-electron chi connectivity index (χ1n) is 10.9. The largest absolute Gasteiger partial charge is 0.497 e. The number of nitrogens with zero attached hydrogens (tertiary/aromatic N) is 1. The third-order valence-corrected chi connectivity index (χ3v) is 6.57. The molecule has 0 saturated heterocycles. The van der Waals surface area contributed by atoms with E-state index in [0.717, 1.165) is 35.1 Å². The standard InChI is InChI=1S/C25H27N3O3/c1-30-19-7-8-22-21(12-19)25(29)28-24(27-22)17-5-6-18-14-31-23(20(18)11-17)10-15-3-2-4-16(9-15)13-26/h5-8,11-12,14-16H,2-4,9-10,13,26H2,1H3,(H,27,28,29). The van der Waals surface area contributed by atoms with Gasteiger partial charge in [-0.25, -0.2) is 4.98 Å². The summed E-state index contributed by atoms with van der Waals surface area (Å²) in [6, 6.07) is 11.4. The van der Waals surface area contributed by atoms with E-state index in [-0.39, 0.29) is 5.56 Å². The van der Waals surface area contributed by atoms with Crippen molar-refractivity contribution in [1.82, 2.24) is 9.97 Å². The lowest BCUT2D eigenvalue weighted by atomic mass is 9.79. The molecule has 0 spiro atoms. The fourth-order valence-corrected chi connectivity index (χ4v) is 4.85. The van der Waals surface area contributed by atoms with Gasteiger partial charge in [-0.3, -0.25) is 4.79 Å². The highest BCUT2D eigenvalue weighted by molar-refractivity contribution is 5.88. The van der Waals surface area contributed by atoms with Crippen LogP contribution in [0.3, 0.4) is 0 Å². The van der Waals surface area contributed by atoms with Crippen LogP contribution in [-0.2, 0) is 6.42 Å². The molecular formula is C25H27N3O3. The maximum atomic E-state index is 12.7. The first-order chi connectivity index (χ1) is 15.1. The minimum Gasteiger partial charge on any atom is -0.497 e. The van der Waals surface area contributed by atoms with Gasteiger partial charge in [-0.2, -0.15) is 0 Å². The summed E-state index contributed by atoms with van der Waals surface area (Å²) in [7, 11) is 1.58. The van der Waals surface area contributed by atoms with E-state index in [9.17, 15) is 4.79 Å². The Bertz CT molecular complexity index is 1290. The van der Waals surface area contributed by atoms with Crippen molar-refractivity contribution in [3.63, 3.8) is 0 Å². The second-order valence-electron chi connectivity index (χ2n) is 8.60. The monoisotopic (exact) mass is 417 g/mol. The predicted molar refractivity (Wildman–Crippen MR) is 122 cm³/mol. The number of benzene rings is 2. The van der Waals surface area contributed by atoms with Crippen LogP contribution in [0.5, 0.6) is 5.75 Å². The molecule has 2 unspecified atom stereocenters. The van der Waals surface area contributed by atoms with Gasteiger partial charge in [-0.05, 0) is 61.9 Å². The quantitative estimate of drug-likeness (QED) is 0.493. The van der Waals surface area contributed by atoms with Crippen molar-refractivity contribution >= 4 is 21.7 Å². The molecule has 6 nitrogen and oxygen atoms in total. The molecule has 1 fully saturated rings. The molecule has 2 atom stereocenters. The lowest BCUT2D eigenvalue weighted by molar-refractivity contribution is 0.261. The summed E-state index contributed by atoms with van der Waals surface area (Å²) in [5.41, 5.74) is 7.25. The predicted octanol–water partition coefficient (Wildman–Crippen LogP) is 4.65. The number of ether oxygens (including phenoxy) is 1. The van der Waals surface area contributed by atoms with Crippen LogP contribution in [0.1, 0.15) is 31.4 Å². The van der Waals surface area contributed by atoms with Gasteiger partial charge in [0.25, 0.3) is 5.56 Å². The number of nitrogens with two attached hydrogens (primary N) is 1. The molecule has 5 rings (SSSR count). The highest BCUT2D eigenvalue weighted by Crippen LogP contribution is 2.34. The number of aromatic amines is 1. The van der Waals surface area contributed by atoms with Crippen LogP contribution in [0, 0.1) is 11.8 Å². The molecule has 3 N–H and O–H groups in total. The molecular weight excluding hydrogens is 390 g/mol. The van der Waals surface area contributed by atoms with E-state index < -0.39 is 0 Å². The molecule has 0 bridgehead atoms. The van der Waals surface area contributed by atoms with Crippen LogP contribution < -0.4 is 16.0 Å². The molecule has 2 heterocycles. The van der Waals surface area contributed by atoms with Crippen molar-refractivity contribution in [2.45, 2.75) is 32.1 Å². The lowest BCUT2D eigenvalue weighted by Crippen LogP contribution is -2.23. The normalized spacial score (nSPS) is 19.2. The molecule has 2 aromatic heterocycles. The van der Waals surface area contributed by atoms with Crippen LogP contribution in [0.15, 0.2) is 51.9 Å². The zero-order valence-corrected chi connectivity index (χ0v) is 17.7. The maximum Gasteiger partial charge on any atom is 0.259 e. The summed E-state index contributed by atoms with van der Waals surface area (Å²) >= 11 is 0. The molecule has 1 aliphatic rings. The number of aromatic nitrogens is 2. The highest BCUT2D eigenvalue weighted by atomic mass is 16.5. The fraction of sp³-hybridized carbons (Fsp3) is 0.360. The first-order valence-corrected chi connectivity index (χ1v) is 10.9. The molecule has 160 valence electrons. The van der Waals surface area contributed by atoms with E-state index >= 15 is 0 Å². The van der Waals surface area contributed by atoms with E-state index in [1.807, 2.05) is 30.5 Å². The maximum absolute atomic E-state index is 12.7. The second-order valence-corrected chi connectivity index (χ2v) is 8.60. The van der Waals surface area contributed by atoms with E-state index in [1.165, 1.54) is 25.7 Å². The first kappa shape index (κ1) is 19.8. The molecule has 4 aromatic rings. The van der Waals surface area contributed by atoms with Crippen LogP contribution in [0.2, 0.25) is 0 Å². The summed E-state index contributed by atoms with van der Waals surface area (Å²) in [5, 5.41) is 2.67. The molecule has 0 radical (unpaired) electrons. The topological polar surface area (TPSA) is 94.1 Å². The van der Waals surface area contributed by atoms with Crippen molar-refractivity contribution < 1.29 is 9.15 Å². The number of methoxy groups -OCH3 is 1. The Morgan fingerprint density at radius 1 is 1.16 bits per heavy atom.